The molecule has 29 heavy (non-hydrogen) atoms. The number of hydrogen-bond donors (Lipinski definition) is 2. The van der Waals surface area contributed by atoms with Gasteiger partial charge in [-0.3, -0.25) is 9.44 Å². The normalized spacial score (nSPS) is 11.7. The standard InChI is InChI=1S/C19H17ClN2O5S2/c1-27-19-8-3-2-7-18(19)22-29(25,26)17-6-4-5-15(13-17)21-28(23,24)16-11-9-14(20)10-12-16/h2-13,21-22H,1H3. The lowest BCUT2D eigenvalue weighted by Gasteiger charge is -2.13. The van der Waals surface area contributed by atoms with Crippen LogP contribution in [0, 0.1) is 0 Å². The predicted molar refractivity (Wildman–Crippen MR) is 113 cm³/mol. The van der Waals surface area contributed by atoms with Crippen molar-refractivity contribution in [2.24, 2.45) is 0 Å². The van der Waals surface area contributed by atoms with Gasteiger partial charge in [-0.25, -0.2) is 16.8 Å². The van der Waals surface area contributed by atoms with Gasteiger partial charge in [0.2, 0.25) is 0 Å². The fraction of sp³-hybridized carbons (Fsp3) is 0.0526. The topological polar surface area (TPSA) is 102 Å². The molecule has 0 spiro atoms. The van der Waals surface area contributed by atoms with Crippen LogP contribution in [0.5, 0.6) is 5.75 Å². The Hall–Kier alpha value is -2.75. The quantitative estimate of drug-likeness (QED) is 0.565. The average Bonchev–Trinajstić information content (AvgIpc) is 2.68. The first-order valence-corrected chi connectivity index (χ1v) is 11.6. The molecule has 3 aromatic rings. The van der Waals surface area contributed by atoms with Crippen LogP contribution in [0.1, 0.15) is 0 Å². The number of methoxy groups -OCH3 is 1. The summed E-state index contributed by atoms with van der Waals surface area (Å²) in [6.45, 7) is 0. The third-order valence-electron chi connectivity index (χ3n) is 3.87. The highest BCUT2D eigenvalue weighted by molar-refractivity contribution is 7.93. The molecule has 0 saturated heterocycles. The van der Waals surface area contributed by atoms with E-state index in [1.54, 1.807) is 24.3 Å². The number of anilines is 2. The molecular formula is C19H17ClN2O5S2. The number of halogens is 1. The maximum absolute atomic E-state index is 12.7. The molecule has 0 amide bonds. The molecule has 0 fully saturated rings. The molecule has 0 bridgehead atoms. The second-order valence-electron chi connectivity index (χ2n) is 5.89. The number of rotatable bonds is 7. The molecule has 0 aliphatic heterocycles. The number of benzene rings is 3. The zero-order chi connectivity index (χ0) is 21.1. The summed E-state index contributed by atoms with van der Waals surface area (Å²) >= 11 is 5.78. The first-order valence-electron chi connectivity index (χ1n) is 8.25. The molecule has 152 valence electrons. The third kappa shape index (κ3) is 5.00. The largest absolute Gasteiger partial charge is 0.495 e. The van der Waals surface area contributed by atoms with Gasteiger partial charge in [-0.15, -0.1) is 0 Å². The Morgan fingerprint density at radius 2 is 1.41 bits per heavy atom. The molecule has 3 aromatic carbocycles. The van der Waals surface area contributed by atoms with Crippen molar-refractivity contribution >= 4 is 43.0 Å². The first-order chi connectivity index (χ1) is 13.7. The lowest BCUT2D eigenvalue weighted by Crippen LogP contribution is -2.15. The molecular weight excluding hydrogens is 436 g/mol. The molecule has 0 aliphatic rings. The van der Waals surface area contributed by atoms with E-state index >= 15 is 0 Å². The predicted octanol–water partition coefficient (Wildman–Crippen LogP) is 3.95. The van der Waals surface area contributed by atoms with Crippen LogP contribution in [-0.4, -0.2) is 23.9 Å². The molecule has 7 nitrogen and oxygen atoms in total. The fourth-order valence-corrected chi connectivity index (χ4v) is 4.78. The van der Waals surface area contributed by atoms with Gasteiger partial charge in [0.15, 0.2) is 0 Å². The van der Waals surface area contributed by atoms with Gasteiger partial charge in [-0.2, -0.15) is 0 Å². The highest BCUT2D eigenvalue weighted by atomic mass is 35.5. The third-order valence-corrected chi connectivity index (χ3v) is 6.88. The maximum Gasteiger partial charge on any atom is 0.262 e. The summed E-state index contributed by atoms with van der Waals surface area (Å²) in [5.74, 6) is 0.357. The van der Waals surface area contributed by atoms with Crippen molar-refractivity contribution in [3.8, 4) is 5.75 Å². The molecule has 2 N–H and O–H groups in total. The van der Waals surface area contributed by atoms with Gasteiger partial charge < -0.3 is 4.74 Å². The van der Waals surface area contributed by atoms with Gasteiger partial charge in [-0.05, 0) is 54.6 Å². The molecule has 0 aliphatic carbocycles. The van der Waals surface area contributed by atoms with Crippen LogP contribution in [0.25, 0.3) is 0 Å². The van der Waals surface area contributed by atoms with Crippen molar-refractivity contribution in [2.75, 3.05) is 16.6 Å². The zero-order valence-corrected chi connectivity index (χ0v) is 17.6. The summed E-state index contributed by atoms with van der Waals surface area (Å²) in [5, 5.41) is 0.402. The van der Waals surface area contributed by atoms with Crippen LogP contribution in [-0.2, 0) is 20.0 Å². The van der Waals surface area contributed by atoms with E-state index in [9.17, 15) is 16.8 Å². The van der Waals surface area contributed by atoms with Crippen LogP contribution in [0.3, 0.4) is 0 Å². The van der Waals surface area contributed by atoms with Gasteiger partial charge >= 0.3 is 0 Å². The van der Waals surface area contributed by atoms with Crippen molar-refractivity contribution in [1.82, 2.24) is 0 Å². The highest BCUT2D eigenvalue weighted by Gasteiger charge is 2.19. The molecule has 0 atom stereocenters. The molecule has 0 unspecified atom stereocenters. The number of nitrogens with one attached hydrogen (secondary N) is 2. The second-order valence-corrected chi connectivity index (χ2v) is 9.69. The summed E-state index contributed by atoms with van der Waals surface area (Å²) in [5.41, 5.74) is 0.366. The smallest absolute Gasteiger partial charge is 0.262 e. The number of para-hydroxylation sites is 2. The summed E-state index contributed by atoms with van der Waals surface area (Å²) < 4.78 is 60.4. The second kappa shape index (κ2) is 8.32. The van der Waals surface area contributed by atoms with Crippen LogP contribution < -0.4 is 14.2 Å². The molecule has 0 heterocycles. The monoisotopic (exact) mass is 452 g/mol. The van der Waals surface area contributed by atoms with E-state index in [1.807, 2.05) is 0 Å². The van der Waals surface area contributed by atoms with E-state index in [0.717, 1.165) is 0 Å². The Labute approximate surface area is 174 Å². The first kappa shape index (κ1) is 21.0. The van der Waals surface area contributed by atoms with Gasteiger partial charge in [0.25, 0.3) is 20.0 Å². The highest BCUT2D eigenvalue weighted by Crippen LogP contribution is 2.27. The Bertz CT molecular complexity index is 1230. The zero-order valence-electron chi connectivity index (χ0n) is 15.2. The van der Waals surface area contributed by atoms with Gasteiger partial charge in [0, 0.05) is 5.02 Å². The van der Waals surface area contributed by atoms with E-state index in [0.29, 0.717) is 10.8 Å². The Morgan fingerprint density at radius 1 is 0.759 bits per heavy atom. The van der Waals surface area contributed by atoms with Crippen molar-refractivity contribution in [1.29, 1.82) is 0 Å². The molecule has 0 radical (unpaired) electrons. The van der Waals surface area contributed by atoms with Crippen molar-refractivity contribution in [3.63, 3.8) is 0 Å². The van der Waals surface area contributed by atoms with E-state index in [1.165, 1.54) is 55.6 Å². The van der Waals surface area contributed by atoms with Gasteiger partial charge in [0.05, 0.1) is 28.3 Å². The van der Waals surface area contributed by atoms with Gasteiger partial charge in [-0.1, -0.05) is 29.8 Å². The average molecular weight is 453 g/mol. The van der Waals surface area contributed by atoms with Crippen LogP contribution in [0.4, 0.5) is 11.4 Å². The van der Waals surface area contributed by atoms with E-state index in [4.69, 9.17) is 16.3 Å². The summed E-state index contributed by atoms with van der Waals surface area (Å²) in [6.07, 6.45) is 0. The Kier molecular flexibility index (Phi) is 6.02. The number of ether oxygens (including phenoxy) is 1. The van der Waals surface area contributed by atoms with Crippen molar-refractivity contribution in [2.45, 2.75) is 9.79 Å². The van der Waals surface area contributed by atoms with Crippen LogP contribution >= 0.6 is 11.6 Å². The van der Waals surface area contributed by atoms with E-state index < -0.39 is 20.0 Å². The number of hydrogen-bond acceptors (Lipinski definition) is 5. The van der Waals surface area contributed by atoms with Crippen molar-refractivity contribution in [3.05, 3.63) is 77.8 Å². The van der Waals surface area contributed by atoms with E-state index in [2.05, 4.69) is 9.44 Å². The maximum atomic E-state index is 12.7. The minimum Gasteiger partial charge on any atom is -0.495 e. The molecule has 3 rings (SSSR count). The molecule has 0 saturated carbocycles. The molecule has 10 heteroatoms. The summed E-state index contributed by atoms with van der Waals surface area (Å²) in [6, 6.07) is 17.7. The summed E-state index contributed by atoms with van der Waals surface area (Å²) in [4.78, 5) is -0.109. The minimum atomic E-state index is -3.98. The molecule has 0 aromatic heterocycles. The van der Waals surface area contributed by atoms with Crippen LogP contribution in [0.15, 0.2) is 82.6 Å². The van der Waals surface area contributed by atoms with Gasteiger partial charge in [0.1, 0.15) is 5.75 Å². The fourth-order valence-electron chi connectivity index (χ4n) is 2.49. The Morgan fingerprint density at radius 3 is 2.10 bits per heavy atom. The lowest BCUT2D eigenvalue weighted by molar-refractivity contribution is 0.417. The summed E-state index contributed by atoms with van der Waals surface area (Å²) in [7, 11) is -6.45. The lowest BCUT2D eigenvalue weighted by atomic mass is 10.3. The Balaban J connectivity index is 1.88. The van der Waals surface area contributed by atoms with E-state index in [-0.39, 0.29) is 21.2 Å². The number of sulfonamides is 2. The van der Waals surface area contributed by atoms with Crippen molar-refractivity contribution < 1.29 is 21.6 Å². The minimum absolute atomic E-state index is 0.00214. The van der Waals surface area contributed by atoms with Crippen LogP contribution in [0.2, 0.25) is 5.02 Å². The SMILES string of the molecule is COc1ccccc1NS(=O)(=O)c1cccc(NS(=O)(=O)c2ccc(Cl)cc2)c1.